The highest BCUT2D eigenvalue weighted by Gasteiger charge is 2.04. The van der Waals surface area contributed by atoms with Crippen molar-refractivity contribution in [2.45, 2.75) is 0 Å². The van der Waals surface area contributed by atoms with Gasteiger partial charge in [-0.25, -0.2) is 0 Å². The number of rotatable bonds is 1. The van der Waals surface area contributed by atoms with Crippen LogP contribution in [0.4, 0.5) is 5.69 Å². The van der Waals surface area contributed by atoms with Gasteiger partial charge in [-0.15, -0.1) is 0 Å². The van der Waals surface area contributed by atoms with Gasteiger partial charge in [0.05, 0.1) is 11.7 Å². The number of aromatic nitrogens is 3. The van der Waals surface area contributed by atoms with Gasteiger partial charge in [-0.2, -0.15) is 5.10 Å². The molecule has 0 amide bonds. The van der Waals surface area contributed by atoms with E-state index in [0.717, 1.165) is 27.7 Å². The average molecular weight is 224 g/mol. The van der Waals surface area contributed by atoms with Crippen LogP contribution >= 0.6 is 0 Å². The number of nitrogens with zero attached hydrogens (tertiary/aromatic N) is 3. The number of hydrogen-bond acceptors (Lipinski definition) is 3. The van der Waals surface area contributed by atoms with E-state index in [1.54, 1.807) is 4.68 Å². The maximum Gasteiger partial charge on any atom is 0.0723 e. The van der Waals surface area contributed by atoms with Crippen molar-refractivity contribution in [3.05, 3.63) is 42.9 Å². The first-order valence-electron chi connectivity index (χ1n) is 5.37. The molecule has 0 atom stereocenters. The molecule has 0 unspecified atom stereocenters. The Morgan fingerprint density at radius 2 is 2.06 bits per heavy atom. The van der Waals surface area contributed by atoms with Crippen LogP contribution in [0.5, 0.6) is 0 Å². The van der Waals surface area contributed by atoms with E-state index in [-0.39, 0.29) is 0 Å². The summed E-state index contributed by atoms with van der Waals surface area (Å²) in [6, 6.07) is 7.80. The average Bonchev–Trinajstić information content (AvgIpc) is 2.76. The standard InChI is InChI=1S/C13H12N4/c1-17-8-10(7-16-17)9-5-11-12(14)3-2-4-13(11)15-6-9/h2-8H,14H2,1H3. The quantitative estimate of drug-likeness (QED) is 0.645. The van der Waals surface area contributed by atoms with E-state index >= 15 is 0 Å². The van der Waals surface area contributed by atoms with Crippen molar-refractivity contribution in [3.63, 3.8) is 0 Å². The fraction of sp³-hybridized carbons (Fsp3) is 0.0769. The summed E-state index contributed by atoms with van der Waals surface area (Å²) < 4.78 is 1.77. The number of fused-ring (bicyclic) bond motifs is 1. The Morgan fingerprint density at radius 1 is 1.18 bits per heavy atom. The molecule has 4 heteroatoms. The molecule has 0 bridgehead atoms. The molecule has 3 rings (SSSR count). The smallest absolute Gasteiger partial charge is 0.0723 e. The SMILES string of the molecule is Cn1cc(-c2cnc3cccc(N)c3c2)cn1. The van der Waals surface area contributed by atoms with Crippen molar-refractivity contribution in [1.82, 2.24) is 14.8 Å². The van der Waals surface area contributed by atoms with E-state index in [0.29, 0.717) is 0 Å². The molecular weight excluding hydrogens is 212 g/mol. The van der Waals surface area contributed by atoms with Crippen molar-refractivity contribution in [3.8, 4) is 11.1 Å². The molecule has 2 N–H and O–H groups in total. The maximum atomic E-state index is 5.95. The van der Waals surface area contributed by atoms with E-state index in [2.05, 4.69) is 16.1 Å². The van der Waals surface area contributed by atoms with Gasteiger partial charge in [-0.1, -0.05) is 6.07 Å². The number of nitrogen functional groups attached to an aromatic ring is 1. The maximum absolute atomic E-state index is 5.95. The van der Waals surface area contributed by atoms with Crippen LogP contribution in [0.25, 0.3) is 22.0 Å². The van der Waals surface area contributed by atoms with Crippen LogP contribution in [0.2, 0.25) is 0 Å². The molecule has 0 aliphatic heterocycles. The Labute approximate surface area is 98.7 Å². The number of pyridine rings is 1. The summed E-state index contributed by atoms with van der Waals surface area (Å²) in [7, 11) is 1.90. The summed E-state index contributed by atoms with van der Waals surface area (Å²) >= 11 is 0. The molecule has 0 radical (unpaired) electrons. The normalized spacial score (nSPS) is 10.9. The third-order valence-electron chi connectivity index (χ3n) is 2.80. The zero-order valence-corrected chi connectivity index (χ0v) is 9.46. The highest BCUT2D eigenvalue weighted by molar-refractivity contribution is 5.92. The minimum atomic E-state index is 0.751. The zero-order valence-electron chi connectivity index (χ0n) is 9.46. The van der Waals surface area contributed by atoms with Crippen LogP contribution in [-0.4, -0.2) is 14.8 Å². The van der Waals surface area contributed by atoms with Crippen molar-refractivity contribution in [2.75, 3.05) is 5.73 Å². The van der Waals surface area contributed by atoms with Crippen LogP contribution in [-0.2, 0) is 7.05 Å². The van der Waals surface area contributed by atoms with Gasteiger partial charge in [0.2, 0.25) is 0 Å². The molecule has 17 heavy (non-hydrogen) atoms. The summed E-state index contributed by atoms with van der Waals surface area (Å²) in [6.45, 7) is 0. The molecule has 0 fully saturated rings. The second kappa shape index (κ2) is 3.59. The molecular formula is C13H12N4. The van der Waals surface area contributed by atoms with Crippen molar-refractivity contribution >= 4 is 16.6 Å². The number of hydrogen-bond donors (Lipinski definition) is 1. The molecule has 0 spiro atoms. The lowest BCUT2D eigenvalue weighted by atomic mass is 10.1. The highest BCUT2D eigenvalue weighted by atomic mass is 15.2. The van der Waals surface area contributed by atoms with E-state index < -0.39 is 0 Å². The summed E-state index contributed by atoms with van der Waals surface area (Å²) in [6.07, 6.45) is 5.63. The predicted octanol–water partition coefficient (Wildman–Crippen LogP) is 2.22. The molecule has 0 saturated heterocycles. The Hall–Kier alpha value is -2.36. The van der Waals surface area contributed by atoms with E-state index in [9.17, 15) is 0 Å². The van der Waals surface area contributed by atoms with E-state index in [1.807, 2.05) is 43.8 Å². The molecule has 0 aliphatic carbocycles. The second-order valence-electron chi connectivity index (χ2n) is 4.04. The molecule has 0 saturated carbocycles. The lowest BCUT2D eigenvalue weighted by Gasteiger charge is -2.03. The largest absolute Gasteiger partial charge is 0.398 e. The van der Waals surface area contributed by atoms with Crippen molar-refractivity contribution in [1.29, 1.82) is 0 Å². The molecule has 3 aromatic rings. The summed E-state index contributed by atoms with van der Waals surface area (Å²) in [4.78, 5) is 4.41. The van der Waals surface area contributed by atoms with Crippen LogP contribution in [0.3, 0.4) is 0 Å². The molecule has 0 aliphatic rings. The van der Waals surface area contributed by atoms with E-state index in [4.69, 9.17) is 5.73 Å². The van der Waals surface area contributed by atoms with Gasteiger partial charge >= 0.3 is 0 Å². The van der Waals surface area contributed by atoms with Crippen LogP contribution in [0.1, 0.15) is 0 Å². The van der Waals surface area contributed by atoms with Gasteiger partial charge in [0.1, 0.15) is 0 Å². The molecule has 2 aromatic heterocycles. The summed E-state index contributed by atoms with van der Waals surface area (Å²) in [5.41, 5.74) is 9.69. The third kappa shape index (κ3) is 1.63. The Balaban J connectivity index is 2.22. The minimum Gasteiger partial charge on any atom is -0.398 e. The first-order valence-corrected chi connectivity index (χ1v) is 5.37. The number of nitrogens with two attached hydrogens (primary N) is 1. The lowest BCUT2D eigenvalue weighted by Crippen LogP contribution is -1.89. The second-order valence-corrected chi connectivity index (χ2v) is 4.04. The van der Waals surface area contributed by atoms with Crippen molar-refractivity contribution < 1.29 is 0 Å². The van der Waals surface area contributed by atoms with Gasteiger partial charge in [0.15, 0.2) is 0 Å². The van der Waals surface area contributed by atoms with Gasteiger partial charge in [-0.05, 0) is 18.2 Å². The minimum absolute atomic E-state index is 0.751. The summed E-state index contributed by atoms with van der Waals surface area (Å²) in [5, 5.41) is 5.13. The van der Waals surface area contributed by atoms with E-state index in [1.165, 1.54) is 0 Å². The first kappa shape index (κ1) is 9.84. The molecule has 4 nitrogen and oxygen atoms in total. The fourth-order valence-corrected chi connectivity index (χ4v) is 1.90. The topological polar surface area (TPSA) is 56.7 Å². The number of benzene rings is 1. The van der Waals surface area contributed by atoms with Gasteiger partial charge < -0.3 is 5.73 Å². The lowest BCUT2D eigenvalue weighted by molar-refractivity contribution is 0.768. The Morgan fingerprint density at radius 3 is 2.82 bits per heavy atom. The monoisotopic (exact) mass is 224 g/mol. The molecule has 1 aromatic carbocycles. The number of anilines is 1. The fourth-order valence-electron chi connectivity index (χ4n) is 1.90. The number of aryl methyl sites for hydroxylation is 1. The molecule has 2 heterocycles. The van der Waals surface area contributed by atoms with Crippen LogP contribution < -0.4 is 5.73 Å². The van der Waals surface area contributed by atoms with Crippen LogP contribution in [0, 0.1) is 0 Å². The van der Waals surface area contributed by atoms with Gasteiger partial charge in [-0.3, -0.25) is 9.67 Å². The van der Waals surface area contributed by atoms with Gasteiger partial charge in [0.25, 0.3) is 0 Å². The highest BCUT2D eigenvalue weighted by Crippen LogP contribution is 2.25. The molecule has 84 valence electrons. The van der Waals surface area contributed by atoms with Crippen molar-refractivity contribution in [2.24, 2.45) is 7.05 Å². The zero-order chi connectivity index (χ0) is 11.8. The summed E-state index contributed by atoms with van der Waals surface area (Å²) in [5.74, 6) is 0. The Bertz CT molecular complexity index is 685. The van der Waals surface area contributed by atoms with Gasteiger partial charge in [0, 0.05) is 41.6 Å². The first-order chi connectivity index (χ1) is 8.24. The Kier molecular flexibility index (Phi) is 2.08. The third-order valence-corrected chi connectivity index (χ3v) is 2.80. The predicted molar refractivity (Wildman–Crippen MR) is 68.4 cm³/mol. The van der Waals surface area contributed by atoms with Crippen LogP contribution in [0.15, 0.2) is 42.9 Å².